The number of hydrogen-bond donors (Lipinski definition) is 0. The predicted octanol–water partition coefficient (Wildman–Crippen LogP) is -5.36. The van der Waals surface area contributed by atoms with Crippen molar-refractivity contribution in [2.75, 3.05) is 0 Å². The molecule has 8 nitrogen and oxygen atoms in total. The third-order valence-electron chi connectivity index (χ3n) is 0. The molecule has 0 heterocycles. The van der Waals surface area contributed by atoms with Gasteiger partial charge in [0.15, 0.2) is 0 Å². The van der Waals surface area contributed by atoms with Crippen LogP contribution in [0.5, 0.6) is 0 Å². The van der Waals surface area contributed by atoms with Crippen molar-refractivity contribution in [3.8, 4) is 0 Å². The smallest absolute Gasteiger partial charge is 0.550 e. The van der Waals surface area contributed by atoms with Crippen molar-refractivity contribution in [3.05, 3.63) is 0 Å². The Balaban J connectivity index is -0.0000000257. The van der Waals surface area contributed by atoms with E-state index >= 15 is 0 Å². The first-order valence-electron chi connectivity index (χ1n) is 3.63. The maximum atomic E-state index is 8.89. The average Bonchev–Trinajstić information content (AvgIpc) is 1.76. The summed E-state index contributed by atoms with van der Waals surface area (Å²) in [4.78, 5) is 35.6. The van der Waals surface area contributed by atoms with Crippen LogP contribution in [0.15, 0.2) is 0 Å². The zero-order valence-electron chi connectivity index (χ0n) is 10.3. The minimum atomic E-state index is -1.08. The molecule has 0 radical (unpaired) electrons. The number of carboxylic acids is 4. The maximum absolute atomic E-state index is 8.89. The van der Waals surface area contributed by atoms with Crippen molar-refractivity contribution >= 4 is 46.9 Å². The minimum absolute atomic E-state index is 0. The molecule has 0 aromatic carbocycles. The minimum Gasteiger partial charge on any atom is -0.550 e. The van der Waals surface area contributed by atoms with Gasteiger partial charge in [-0.05, 0) is 27.7 Å². The van der Waals surface area contributed by atoms with Crippen molar-refractivity contribution in [2.24, 2.45) is 0 Å². The summed E-state index contributed by atoms with van der Waals surface area (Å²) >= 11 is 0. The molecule has 0 rings (SSSR count). The summed E-state index contributed by atoms with van der Waals surface area (Å²) in [5.41, 5.74) is 0. The van der Waals surface area contributed by atoms with Gasteiger partial charge in [-0.1, -0.05) is 0 Å². The second kappa shape index (κ2) is 29.8. The molecule has 0 saturated carbocycles. The van der Waals surface area contributed by atoms with Crippen molar-refractivity contribution in [2.45, 2.75) is 27.7 Å². The fraction of sp³-hybridized carbons (Fsp3) is 0.500. The molecule has 0 spiro atoms. The van der Waals surface area contributed by atoms with Gasteiger partial charge in [-0.15, -0.1) is 0 Å². The number of carbonyl (C=O) groups is 4. The maximum Gasteiger partial charge on any atom is 2.00 e. The molecule has 102 valence electrons. The zero-order valence-corrected chi connectivity index (χ0v) is 12.8. The van der Waals surface area contributed by atoms with E-state index in [9.17, 15) is 0 Å². The van der Waals surface area contributed by atoms with E-state index in [4.69, 9.17) is 39.6 Å². The van der Waals surface area contributed by atoms with Crippen LogP contribution in [-0.4, -0.2) is 46.9 Å². The predicted molar refractivity (Wildman–Crippen MR) is 48.5 cm³/mol. The molecular formula is C8H12FeMgO8. The van der Waals surface area contributed by atoms with E-state index in [1.54, 1.807) is 0 Å². The summed E-state index contributed by atoms with van der Waals surface area (Å²) in [5.74, 6) is -4.33. The first-order valence-corrected chi connectivity index (χ1v) is 3.63. The Morgan fingerprint density at radius 2 is 0.556 bits per heavy atom. The quantitative estimate of drug-likeness (QED) is 0.400. The molecule has 0 aromatic rings. The second-order valence-corrected chi connectivity index (χ2v) is 1.97. The van der Waals surface area contributed by atoms with Crippen LogP contribution in [0.2, 0.25) is 0 Å². The SMILES string of the molecule is CC(=O)[O-].CC(=O)[O-].CC(=O)[O-].CC(=O)[O-].[Fe+2].[Mg+2]. The van der Waals surface area contributed by atoms with Gasteiger partial charge < -0.3 is 39.6 Å². The van der Waals surface area contributed by atoms with Crippen LogP contribution in [-0.2, 0) is 36.2 Å². The Hall–Kier alpha value is -0.834. The van der Waals surface area contributed by atoms with E-state index in [1.807, 2.05) is 0 Å². The van der Waals surface area contributed by atoms with Gasteiger partial charge in [-0.2, -0.15) is 0 Å². The van der Waals surface area contributed by atoms with Gasteiger partial charge >= 0.3 is 40.1 Å². The second-order valence-electron chi connectivity index (χ2n) is 1.97. The fourth-order valence-electron chi connectivity index (χ4n) is 0. The van der Waals surface area contributed by atoms with E-state index in [1.165, 1.54) is 0 Å². The molecule has 0 N–H and O–H groups in total. The standard InChI is InChI=1S/4C2H4O2.Fe.Mg/c4*1-2(3)4;;/h4*1H3,(H,3,4);;/q;;;;2*+2/p-4. The van der Waals surface area contributed by atoms with E-state index in [0.29, 0.717) is 0 Å². The molecule has 10 heteroatoms. The summed E-state index contributed by atoms with van der Waals surface area (Å²) < 4.78 is 0. The Bertz CT molecular complexity index is 167. The van der Waals surface area contributed by atoms with Crippen molar-refractivity contribution in [1.29, 1.82) is 0 Å². The molecule has 0 aliphatic heterocycles. The zero-order chi connectivity index (χ0) is 14.3. The van der Waals surface area contributed by atoms with E-state index in [0.717, 1.165) is 27.7 Å². The molecule has 0 atom stereocenters. The van der Waals surface area contributed by atoms with Gasteiger partial charge in [0.2, 0.25) is 0 Å². The summed E-state index contributed by atoms with van der Waals surface area (Å²) in [7, 11) is 0. The third kappa shape index (κ3) is 4370. The van der Waals surface area contributed by atoms with Crippen LogP contribution >= 0.6 is 0 Å². The molecule has 0 aliphatic carbocycles. The van der Waals surface area contributed by atoms with Gasteiger partial charge in [0.1, 0.15) is 0 Å². The van der Waals surface area contributed by atoms with E-state index in [2.05, 4.69) is 0 Å². The van der Waals surface area contributed by atoms with Crippen LogP contribution in [0.3, 0.4) is 0 Å². The number of carbonyl (C=O) groups excluding carboxylic acids is 4. The average molecular weight is 316 g/mol. The van der Waals surface area contributed by atoms with Crippen molar-refractivity contribution in [3.63, 3.8) is 0 Å². The van der Waals surface area contributed by atoms with Gasteiger partial charge in [-0.25, -0.2) is 0 Å². The van der Waals surface area contributed by atoms with Crippen molar-refractivity contribution in [1.82, 2.24) is 0 Å². The molecule has 0 saturated heterocycles. The molecule has 0 unspecified atom stereocenters. The fourth-order valence-corrected chi connectivity index (χ4v) is 0. The molecule has 0 amide bonds. The molecule has 0 bridgehead atoms. The monoisotopic (exact) mass is 316 g/mol. The van der Waals surface area contributed by atoms with Crippen LogP contribution < -0.4 is 20.4 Å². The summed E-state index contributed by atoms with van der Waals surface area (Å²) in [6.07, 6.45) is 0. The molecule has 18 heavy (non-hydrogen) atoms. The van der Waals surface area contributed by atoms with Gasteiger partial charge in [0.05, 0.1) is 0 Å². The normalized spacial score (nSPS) is 5.56. The topological polar surface area (TPSA) is 161 Å². The molecule has 0 aromatic heterocycles. The number of rotatable bonds is 0. The molecule has 0 fully saturated rings. The first kappa shape index (κ1) is 36.0. The molecular weight excluding hydrogens is 304 g/mol. The third-order valence-corrected chi connectivity index (χ3v) is 0. The summed E-state index contributed by atoms with van der Waals surface area (Å²) in [6.45, 7) is 3.89. The van der Waals surface area contributed by atoms with E-state index in [-0.39, 0.29) is 40.1 Å². The molecule has 0 aliphatic rings. The number of aliphatic carboxylic acids is 4. The van der Waals surface area contributed by atoms with Crippen molar-refractivity contribution < 1.29 is 56.7 Å². The van der Waals surface area contributed by atoms with E-state index < -0.39 is 23.9 Å². The van der Waals surface area contributed by atoms with Gasteiger partial charge in [-0.3, -0.25) is 0 Å². The Kier molecular flexibility index (Phi) is 59.6. The summed E-state index contributed by atoms with van der Waals surface area (Å²) in [6, 6.07) is 0. The van der Waals surface area contributed by atoms with Crippen LogP contribution in [0.4, 0.5) is 0 Å². The first-order chi connectivity index (χ1) is 6.93. The van der Waals surface area contributed by atoms with Crippen LogP contribution in [0, 0.1) is 0 Å². The number of carboxylic acid groups (broad SMARTS) is 4. The van der Waals surface area contributed by atoms with Crippen LogP contribution in [0.25, 0.3) is 0 Å². The van der Waals surface area contributed by atoms with Crippen LogP contribution in [0.1, 0.15) is 27.7 Å². The number of hydrogen-bond acceptors (Lipinski definition) is 8. The Morgan fingerprint density at radius 3 is 0.556 bits per heavy atom. The Morgan fingerprint density at radius 1 is 0.556 bits per heavy atom. The van der Waals surface area contributed by atoms with Gasteiger partial charge in [0, 0.05) is 23.9 Å². The largest absolute Gasteiger partial charge is 2.00 e. The summed E-state index contributed by atoms with van der Waals surface area (Å²) in [5, 5.41) is 35.6. The van der Waals surface area contributed by atoms with Gasteiger partial charge in [0.25, 0.3) is 0 Å². The Labute approximate surface area is 131 Å².